The molecular formula is C28H31N3O5S. The molecule has 1 heterocycles. The van der Waals surface area contributed by atoms with Crippen molar-refractivity contribution in [3.63, 3.8) is 0 Å². The second kappa shape index (κ2) is 11.6. The lowest BCUT2D eigenvalue weighted by molar-refractivity contribution is -0.114. The Kier molecular flexibility index (Phi) is 8.25. The molecule has 0 aliphatic carbocycles. The van der Waals surface area contributed by atoms with Gasteiger partial charge in [-0.25, -0.2) is 8.42 Å². The number of carbonyl (C=O) groups is 2. The molecule has 1 aliphatic rings. The molecule has 3 aromatic carbocycles. The van der Waals surface area contributed by atoms with E-state index in [4.69, 9.17) is 4.74 Å². The van der Waals surface area contributed by atoms with Gasteiger partial charge in [-0.1, -0.05) is 42.5 Å². The molecule has 194 valence electrons. The minimum absolute atomic E-state index is 0.0139. The standard InChI is InChI=1S/C28H31N3O5S/c1-20-10-8-16-26(21(20)2)31(37(34,35)23-12-4-3-5-13-23)19-27(32)30-25-15-7-6-14-24(25)28(33)29-18-22-11-9-17-36-22/h3-8,10,12-16,22H,9,11,17-19H2,1-2H3,(H,29,33)(H,30,32)/t22-/m0/s1. The van der Waals surface area contributed by atoms with Crippen molar-refractivity contribution in [2.45, 2.75) is 37.7 Å². The Morgan fingerprint density at radius 1 is 0.973 bits per heavy atom. The molecule has 0 radical (unpaired) electrons. The zero-order valence-corrected chi connectivity index (χ0v) is 21.8. The average Bonchev–Trinajstić information content (AvgIpc) is 3.42. The lowest BCUT2D eigenvalue weighted by atomic mass is 10.1. The van der Waals surface area contributed by atoms with Gasteiger partial charge in [-0.15, -0.1) is 0 Å². The number of amides is 2. The van der Waals surface area contributed by atoms with Crippen LogP contribution in [0.15, 0.2) is 77.7 Å². The molecule has 0 bridgehead atoms. The fourth-order valence-electron chi connectivity index (χ4n) is 4.24. The minimum Gasteiger partial charge on any atom is -0.376 e. The smallest absolute Gasteiger partial charge is 0.264 e. The summed E-state index contributed by atoms with van der Waals surface area (Å²) < 4.78 is 34.0. The second-order valence-corrected chi connectivity index (χ2v) is 10.8. The van der Waals surface area contributed by atoms with Crippen molar-refractivity contribution in [1.29, 1.82) is 0 Å². The van der Waals surface area contributed by atoms with E-state index in [1.807, 2.05) is 19.9 Å². The molecule has 3 aromatic rings. The maximum atomic E-state index is 13.6. The molecule has 37 heavy (non-hydrogen) atoms. The van der Waals surface area contributed by atoms with E-state index in [1.165, 1.54) is 12.1 Å². The molecule has 8 nitrogen and oxygen atoms in total. The Labute approximate surface area is 217 Å². The zero-order chi connectivity index (χ0) is 26.4. The summed E-state index contributed by atoms with van der Waals surface area (Å²) in [6.45, 7) is 4.32. The number of ether oxygens (including phenoxy) is 1. The summed E-state index contributed by atoms with van der Waals surface area (Å²) >= 11 is 0. The highest BCUT2D eigenvalue weighted by Crippen LogP contribution is 2.28. The highest BCUT2D eigenvalue weighted by Gasteiger charge is 2.29. The van der Waals surface area contributed by atoms with E-state index in [1.54, 1.807) is 54.6 Å². The van der Waals surface area contributed by atoms with Crippen molar-refractivity contribution in [3.05, 3.63) is 89.5 Å². The third-order valence-corrected chi connectivity index (χ3v) is 8.20. The number of aryl methyl sites for hydroxylation is 1. The van der Waals surface area contributed by atoms with Crippen LogP contribution in [0.1, 0.15) is 34.3 Å². The van der Waals surface area contributed by atoms with Crippen LogP contribution >= 0.6 is 0 Å². The maximum Gasteiger partial charge on any atom is 0.264 e. The molecule has 1 aliphatic heterocycles. The Morgan fingerprint density at radius 3 is 2.43 bits per heavy atom. The fraction of sp³-hybridized carbons (Fsp3) is 0.286. The molecule has 0 spiro atoms. The highest BCUT2D eigenvalue weighted by atomic mass is 32.2. The number of carbonyl (C=O) groups excluding carboxylic acids is 2. The van der Waals surface area contributed by atoms with Gasteiger partial charge in [0.15, 0.2) is 0 Å². The van der Waals surface area contributed by atoms with Gasteiger partial charge in [-0.3, -0.25) is 13.9 Å². The average molecular weight is 522 g/mol. The fourth-order valence-corrected chi connectivity index (χ4v) is 5.74. The number of hydrogen-bond acceptors (Lipinski definition) is 5. The first-order chi connectivity index (χ1) is 17.8. The Balaban J connectivity index is 1.58. The van der Waals surface area contributed by atoms with Gasteiger partial charge >= 0.3 is 0 Å². The number of nitrogens with zero attached hydrogens (tertiary/aromatic N) is 1. The Bertz CT molecular complexity index is 1370. The summed E-state index contributed by atoms with van der Waals surface area (Å²) in [4.78, 5) is 26.2. The number of anilines is 2. The van der Waals surface area contributed by atoms with E-state index in [-0.39, 0.29) is 22.5 Å². The van der Waals surface area contributed by atoms with E-state index in [9.17, 15) is 18.0 Å². The summed E-state index contributed by atoms with van der Waals surface area (Å²) in [5, 5.41) is 5.60. The van der Waals surface area contributed by atoms with Crippen LogP contribution < -0.4 is 14.9 Å². The topological polar surface area (TPSA) is 105 Å². The van der Waals surface area contributed by atoms with Crippen LogP contribution in [0.5, 0.6) is 0 Å². The van der Waals surface area contributed by atoms with Crippen LogP contribution in [-0.4, -0.2) is 46.0 Å². The Hall–Kier alpha value is -3.69. The summed E-state index contributed by atoms with van der Waals surface area (Å²) in [7, 11) is -4.05. The van der Waals surface area contributed by atoms with Crippen LogP contribution in [0.4, 0.5) is 11.4 Å². The van der Waals surface area contributed by atoms with Crippen molar-refractivity contribution >= 4 is 33.2 Å². The summed E-state index contributed by atoms with van der Waals surface area (Å²) in [5.74, 6) is -0.908. The normalized spacial score (nSPS) is 15.2. The van der Waals surface area contributed by atoms with Gasteiger partial charge in [0, 0.05) is 13.2 Å². The van der Waals surface area contributed by atoms with Gasteiger partial charge in [0.2, 0.25) is 5.91 Å². The van der Waals surface area contributed by atoms with E-state index in [0.29, 0.717) is 24.5 Å². The van der Waals surface area contributed by atoms with Crippen LogP contribution in [0.3, 0.4) is 0 Å². The lowest BCUT2D eigenvalue weighted by Gasteiger charge is -2.26. The first-order valence-electron chi connectivity index (χ1n) is 12.2. The molecule has 0 aromatic heterocycles. The number of benzene rings is 3. The molecule has 2 amide bonds. The molecule has 1 fully saturated rings. The number of para-hydroxylation sites is 1. The summed E-state index contributed by atoms with van der Waals surface area (Å²) in [5.41, 5.74) is 2.66. The Morgan fingerprint density at radius 2 is 1.70 bits per heavy atom. The number of sulfonamides is 1. The summed E-state index contributed by atoms with van der Waals surface area (Å²) in [6.07, 6.45) is 1.85. The molecule has 2 N–H and O–H groups in total. The summed E-state index contributed by atoms with van der Waals surface area (Å²) in [6, 6.07) is 20.0. The highest BCUT2D eigenvalue weighted by molar-refractivity contribution is 7.92. The monoisotopic (exact) mass is 521 g/mol. The third-order valence-electron chi connectivity index (χ3n) is 6.42. The van der Waals surface area contributed by atoms with Gasteiger partial charge in [0.25, 0.3) is 15.9 Å². The zero-order valence-electron chi connectivity index (χ0n) is 20.9. The van der Waals surface area contributed by atoms with Crippen molar-refractivity contribution in [3.8, 4) is 0 Å². The van der Waals surface area contributed by atoms with Gasteiger partial charge in [0.1, 0.15) is 6.54 Å². The maximum absolute atomic E-state index is 13.6. The van der Waals surface area contributed by atoms with Crippen molar-refractivity contribution in [1.82, 2.24) is 5.32 Å². The van der Waals surface area contributed by atoms with E-state index in [0.717, 1.165) is 28.3 Å². The van der Waals surface area contributed by atoms with Gasteiger partial charge in [-0.05, 0) is 68.1 Å². The molecule has 1 saturated heterocycles. The number of hydrogen-bond donors (Lipinski definition) is 2. The molecule has 9 heteroatoms. The molecule has 4 rings (SSSR count). The first-order valence-corrected chi connectivity index (χ1v) is 13.6. The van der Waals surface area contributed by atoms with Crippen LogP contribution in [-0.2, 0) is 19.6 Å². The van der Waals surface area contributed by atoms with E-state index >= 15 is 0 Å². The third kappa shape index (κ3) is 6.18. The second-order valence-electron chi connectivity index (χ2n) is 8.98. The SMILES string of the molecule is Cc1cccc(N(CC(=O)Nc2ccccc2C(=O)NC[C@@H]2CCCO2)S(=O)(=O)c2ccccc2)c1C. The predicted octanol–water partition coefficient (Wildman–Crippen LogP) is 4.05. The van der Waals surface area contributed by atoms with E-state index in [2.05, 4.69) is 10.6 Å². The quantitative estimate of drug-likeness (QED) is 0.442. The number of nitrogens with one attached hydrogen (secondary N) is 2. The van der Waals surface area contributed by atoms with Crippen molar-refractivity contribution in [2.24, 2.45) is 0 Å². The van der Waals surface area contributed by atoms with Crippen LogP contribution in [0.25, 0.3) is 0 Å². The lowest BCUT2D eigenvalue weighted by Crippen LogP contribution is -2.39. The predicted molar refractivity (Wildman–Crippen MR) is 143 cm³/mol. The number of rotatable bonds is 9. The largest absolute Gasteiger partial charge is 0.376 e. The molecular weight excluding hydrogens is 490 g/mol. The molecule has 0 unspecified atom stereocenters. The van der Waals surface area contributed by atoms with Crippen LogP contribution in [0.2, 0.25) is 0 Å². The molecule has 0 saturated carbocycles. The van der Waals surface area contributed by atoms with Crippen molar-refractivity contribution in [2.75, 3.05) is 29.3 Å². The first kappa shape index (κ1) is 26.4. The molecule has 1 atom stereocenters. The van der Waals surface area contributed by atoms with Gasteiger partial charge in [-0.2, -0.15) is 0 Å². The van der Waals surface area contributed by atoms with Crippen molar-refractivity contribution < 1.29 is 22.7 Å². The minimum atomic E-state index is -4.05. The van der Waals surface area contributed by atoms with Gasteiger partial charge in [0.05, 0.1) is 27.9 Å². The van der Waals surface area contributed by atoms with E-state index < -0.39 is 22.5 Å². The van der Waals surface area contributed by atoms with Crippen LogP contribution in [0, 0.1) is 13.8 Å². The van der Waals surface area contributed by atoms with Gasteiger partial charge < -0.3 is 15.4 Å².